The summed E-state index contributed by atoms with van der Waals surface area (Å²) in [6.45, 7) is 5.45. The van der Waals surface area contributed by atoms with E-state index in [9.17, 15) is 4.79 Å². The lowest BCUT2D eigenvalue weighted by Crippen LogP contribution is -2.38. The van der Waals surface area contributed by atoms with Gasteiger partial charge in [0, 0.05) is 0 Å². The second kappa shape index (κ2) is 10.2. The minimum Gasteiger partial charge on any atom is -0.419 e. The topological polar surface area (TPSA) is 71.3 Å². The van der Waals surface area contributed by atoms with Crippen LogP contribution in [-0.2, 0) is 11.3 Å². The van der Waals surface area contributed by atoms with Gasteiger partial charge in [0.05, 0.1) is 29.7 Å². The highest BCUT2D eigenvalue weighted by atomic mass is 35.5. The maximum absolute atomic E-state index is 12.5. The van der Waals surface area contributed by atoms with Gasteiger partial charge in [0.25, 0.3) is 0 Å². The number of benzene rings is 2. The number of nitrogens with zero attached hydrogens (tertiary/aromatic N) is 3. The van der Waals surface area contributed by atoms with E-state index in [2.05, 4.69) is 22.4 Å². The maximum Gasteiger partial charge on any atom is 0.249 e. The van der Waals surface area contributed by atoms with Crippen LogP contribution in [0.25, 0.3) is 11.5 Å². The summed E-state index contributed by atoms with van der Waals surface area (Å²) in [5.74, 6) is 0.794. The van der Waals surface area contributed by atoms with Crippen molar-refractivity contribution in [1.82, 2.24) is 20.4 Å². The van der Waals surface area contributed by atoms with Gasteiger partial charge in [-0.1, -0.05) is 61.0 Å². The van der Waals surface area contributed by atoms with Gasteiger partial charge in [0.2, 0.25) is 17.7 Å². The fourth-order valence-corrected chi connectivity index (χ4v) is 3.31. The highest BCUT2D eigenvalue weighted by Gasteiger charge is 2.17. The van der Waals surface area contributed by atoms with E-state index < -0.39 is 0 Å². The molecule has 0 radical (unpaired) electrons. The summed E-state index contributed by atoms with van der Waals surface area (Å²) < 4.78 is 5.78. The predicted octanol–water partition coefficient (Wildman–Crippen LogP) is 4.48. The molecule has 0 bridgehead atoms. The molecule has 1 heterocycles. The molecular formula is C22H25ClN4O2. The third-order valence-electron chi connectivity index (χ3n) is 4.51. The molecule has 0 spiro atoms. The van der Waals surface area contributed by atoms with Crippen LogP contribution >= 0.6 is 11.6 Å². The van der Waals surface area contributed by atoms with Crippen LogP contribution < -0.4 is 5.32 Å². The summed E-state index contributed by atoms with van der Waals surface area (Å²) in [6.07, 6.45) is 0.910. The number of hydrogen-bond acceptors (Lipinski definition) is 5. The second-order valence-corrected chi connectivity index (χ2v) is 7.30. The average molecular weight is 413 g/mol. The molecule has 0 saturated heterocycles. The Bertz CT molecular complexity index is 929. The smallest absolute Gasteiger partial charge is 0.249 e. The molecule has 2 aromatic carbocycles. The fourth-order valence-electron chi connectivity index (χ4n) is 3.10. The maximum atomic E-state index is 12.5. The van der Waals surface area contributed by atoms with E-state index in [1.807, 2.05) is 60.4 Å². The Hall–Kier alpha value is -2.70. The zero-order valence-electron chi connectivity index (χ0n) is 16.6. The highest BCUT2D eigenvalue weighted by Crippen LogP contribution is 2.26. The average Bonchev–Trinajstić information content (AvgIpc) is 3.17. The Morgan fingerprint density at radius 3 is 2.59 bits per heavy atom. The number of rotatable bonds is 9. The highest BCUT2D eigenvalue weighted by molar-refractivity contribution is 6.33. The largest absolute Gasteiger partial charge is 0.419 e. The van der Waals surface area contributed by atoms with E-state index in [0.29, 0.717) is 28.9 Å². The molecule has 1 atom stereocenters. The van der Waals surface area contributed by atoms with Crippen molar-refractivity contribution in [2.24, 2.45) is 0 Å². The van der Waals surface area contributed by atoms with Crippen LogP contribution in [-0.4, -0.2) is 34.1 Å². The Morgan fingerprint density at radius 2 is 1.86 bits per heavy atom. The van der Waals surface area contributed by atoms with Crippen LogP contribution in [0, 0.1) is 0 Å². The second-order valence-electron chi connectivity index (χ2n) is 6.89. The number of nitrogens with one attached hydrogen (secondary N) is 1. The molecule has 1 amide bonds. The Kier molecular flexibility index (Phi) is 7.38. The van der Waals surface area contributed by atoms with Crippen molar-refractivity contribution in [2.75, 3.05) is 13.1 Å². The first-order valence-electron chi connectivity index (χ1n) is 9.70. The molecule has 3 aromatic rings. The van der Waals surface area contributed by atoms with Gasteiger partial charge in [-0.05, 0) is 37.6 Å². The summed E-state index contributed by atoms with van der Waals surface area (Å²) in [7, 11) is 0. The van der Waals surface area contributed by atoms with Crippen LogP contribution in [0.15, 0.2) is 59.0 Å². The molecule has 1 unspecified atom stereocenters. The number of halogens is 1. The van der Waals surface area contributed by atoms with Crippen molar-refractivity contribution in [2.45, 2.75) is 32.9 Å². The SMILES string of the molecule is CCCN(CC(=O)NC(C)c1ccccc1)Cc1nnc(-c2ccccc2Cl)o1. The van der Waals surface area contributed by atoms with Crippen molar-refractivity contribution in [1.29, 1.82) is 0 Å². The molecule has 6 nitrogen and oxygen atoms in total. The quantitative estimate of drug-likeness (QED) is 0.561. The van der Waals surface area contributed by atoms with Gasteiger partial charge in [-0.25, -0.2) is 0 Å². The third kappa shape index (κ3) is 5.89. The van der Waals surface area contributed by atoms with Crippen LogP contribution in [0.5, 0.6) is 0 Å². The molecule has 1 N–H and O–H groups in total. The van der Waals surface area contributed by atoms with Crippen LogP contribution in [0.2, 0.25) is 5.02 Å². The number of amides is 1. The summed E-state index contributed by atoms with van der Waals surface area (Å²) in [5, 5.41) is 11.8. The van der Waals surface area contributed by atoms with E-state index in [4.69, 9.17) is 16.0 Å². The van der Waals surface area contributed by atoms with Crippen molar-refractivity contribution in [3.8, 4) is 11.5 Å². The van der Waals surface area contributed by atoms with E-state index in [1.165, 1.54) is 0 Å². The zero-order chi connectivity index (χ0) is 20.6. The van der Waals surface area contributed by atoms with Crippen molar-refractivity contribution in [3.05, 3.63) is 71.1 Å². The normalized spacial score (nSPS) is 12.1. The lowest BCUT2D eigenvalue weighted by Gasteiger charge is -2.21. The Morgan fingerprint density at radius 1 is 1.14 bits per heavy atom. The van der Waals surface area contributed by atoms with Crippen molar-refractivity contribution >= 4 is 17.5 Å². The van der Waals surface area contributed by atoms with Crippen LogP contribution in [0.1, 0.15) is 37.8 Å². The van der Waals surface area contributed by atoms with Gasteiger partial charge >= 0.3 is 0 Å². The van der Waals surface area contributed by atoms with Crippen molar-refractivity contribution < 1.29 is 9.21 Å². The van der Waals surface area contributed by atoms with E-state index >= 15 is 0 Å². The molecule has 152 valence electrons. The molecule has 29 heavy (non-hydrogen) atoms. The molecule has 0 aliphatic heterocycles. The molecule has 0 fully saturated rings. The lowest BCUT2D eigenvalue weighted by molar-refractivity contribution is -0.123. The minimum atomic E-state index is -0.0533. The summed E-state index contributed by atoms with van der Waals surface area (Å²) in [4.78, 5) is 14.5. The van der Waals surface area contributed by atoms with Gasteiger partial charge < -0.3 is 9.73 Å². The summed E-state index contributed by atoms with van der Waals surface area (Å²) in [6, 6.07) is 17.2. The first-order valence-corrected chi connectivity index (χ1v) is 10.1. The molecule has 7 heteroatoms. The van der Waals surface area contributed by atoms with Gasteiger partial charge in [-0.3, -0.25) is 9.69 Å². The first kappa shape index (κ1) is 21.0. The molecule has 0 saturated carbocycles. The standard InChI is InChI=1S/C22H25ClN4O2/c1-3-13-27(14-20(28)24-16(2)17-9-5-4-6-10-17)15-21-25-26-22(29-21)18-11-7-8-12-19(18)23/h4-12,16H,3,13-15H2,1-2H3,(H,24,28). The lowest BCUT2D eigenvalue weighted by atomic mass is 10.1. The van der Waals surface area contributed by atoms with Gasteiger partial charge in [0.1, 0.15) is 0 Å². The molecular weight excluding hydrogens is 388 g/mol. The van der Waals surface area contributed by atoms with Gasteiger partial charge in [-0.15, -0.1) is 10.2 Å². The first-order chi connectivity index (χ1) is 14.1. The van der Waals surface area contributed by atoms with Crippen LogP contribution in [0.3, 0.4) is 0 Å². The number of carbonyl (C=O) groups is 1. The minimum absolute atomic E-state index is 0.0411. The molecule has 0 aliphatic carbocycles. The van der Waals surface area contributed by atoms with Gasteiger partial charge in [0.15, 0.2) is 0 Å². The van der Waals surface area contributed by atoms with Gasteiger partial charge in [-0.2, -0.15) is 0 Å². The summed E-state index contributed by atoms with van der Waals surface area (Å²) >= 11 is 6.20. The monoisotopic (exact) mass is 412 g/mol. The Balaban J connectivity index is 1.61. The number of aromatic nitrogens is 2. The summed E-state index contributed by atoms with van der Waals surface area (Å²) in [5.41, 5.74) is 1.77. The molecule has 0 aliphatic rings. The number of hydrogen-bond donors (Lipinski definition) is 1. The molecule has 1 aromatic heterocycles. The van der Waals surface area contributed by atoms with E-state index in [1.54, 1.807) is 6.07 Å². The van der Waals surface area contributed by atoms with E-state index in [0.717, 1.165) is 18.5 Å². The fraction of sp³-hybridized carbons (Fsp3) is 0.318. The zero-order valence-corrected chi connectivity index (χ0v) is 17.4. The third-order valence-corrected chi connectivity index (χ3v) is 4.84. The predicted molar refractivity (Wildman–Crippen MR) is 113 cm³/mol. The van der Waals surface area contributed by atoms with Crippen molar-refractivity contribution in [3.63, 3.8) is 0 Å². The van der Waals surface area contributed by atoms with Crippen LogP contribution in [0.4, 0.5) is 0 Å². The van der Waals surface area contributed by atoms with E-state index in [-0.39, 0.29) is 18.5 Å². The Labute approximate surface area is 175 Å². The number of carbonyl (C=O) groups excluding carboxylic acids is 1. The molecule has 3 rings (SSSR count).